The third-order valence-corrected chi connectivity index (χ3v) is 8.83. The SMILES string of the molecule is CC1=C(C)c2nc1c(C)c1nc(c(C)c3[n-]c(c(C)c3C)c(C)c3[n-]c(c2C)c(C)c3C)C(C)=C1C. The van der Waals surface area contributed by atoms with Crippen LogP contribution < -0.4 is 9.97 Å². The maximum atomic E-state index is 5.21. The molecule has 0 fully saturated rings. The van der Waals surface area contributed by atoms with Gasteiger partial charge in [0.2, 0.25) is 0 Å². The molecule has 0 aliphatic carbocycles. The van der Waals surface area contributed by atoms with Gasteiger partial charge in [0.05, 0.1) is 22.8 Å². The minimum absolute atomic E-state index is 1.03. The highest BCUT2D eigenvalue weighted by Gasteiger charge is 2.22. The van der Waals surface area contributed by atoms with Crippen LogP contribution >= 0.6 is 0 Å². The smallest absolute Gasteiger partial charge is 0.0720 e. The van der Waals surface area contributed by atoms with E-state index in [0.29, 0.717) is 0 Å². The molecule has 5 heterocycles. The summed E-state index contributed by atoms with van der Waals surface area (Å²) in [4.78, 5) is 20.8. The lowest BCUT2D eigenvalue weighted by Gasteiger charge is -2.12. The number of allylic oxidation sites excluding steroid dienone is 4. The molecular formula is C32H36N4-2. The molecule has 0 amide bonds. The van der Waals surface area contributed by atoms with Gasteiger partial charge >= 0.3 is 0 Å². The molecule has 3 aromatic heterocycles. The van der Waals surface area contributed by atoms with Gasteiger partial charge < -0.3 is 9.97 Å². The van der Waals surface area contributed by atoms with Crippen molar-refractivity contribution in [1.29, 1.82) is 0 Å². The van der Waals surface area contributed by atoms with E-state index < -0.39 is 0 Å². The normalized spacial score (nSPS) is 13.9. The van der Waals surface area contributed by atoms with Crippen molar-refractivity contribution in [2.45, 2.75) is 83.1 Å². The van der Waals surface area contributed by atoms with Gasteiger partial charge in [0.25, 0.3) is 0 Å². The number of aryl methyl sites for hydroxylation is 7. The molecule has 0 saturated carbocycles. The van der Waals surface area contributed by atoms with Gasteiger partial charge in [-0.3, -0.25) is 0 Å². The van der Waals surface area contributed by atoms with Crippen molar-refractivity contribution in [1.82, 2.24) is 19.9 Å². The molecule has 0 unspecified atom stereocenters. The zero-order valence-electron chi connectivity index (χ0n) is 23.8. The molecule has 8 bridgehead atoms. The quantitative estimate of drug-likeness (QED) is 0.330. The Bertz CT molecular complexity index is 1610. The molecule has 0 N–H and O–H groups in total. The van der Waals surface area contributed by atoms with E-state index in [0.717, 1.165) is 67.1 Å². The van der Waals surface area contributed by atoms with E-state index in [1.54, 1.807) is 0 Å². The topological polar surface area (TPSA) is 54.0 Å². The summed E-state index contributed by atoms with van der Waals surface area (Å²) >= 11 is 0. The molecule has 5 rings (SSSR count). The minimum atomic E-state index is 1.03. The van der Waals surface area contributed by atoms with Gasteiger partial charge in [-0.25, -0.2) is 9.97 Å². The van der Waals surface area contributed by atoms with Crippen molar-refractivity contribution < 1.29 is 0 Å². The fraction of sp³-hybridized carbons (Fsp3) is 0.375. The predicted molar refractivity (Wildman–Crippen MR) is 153 cm³/mol. The van der Waals surface area contributed by atoms with Gasteiger partial charge in [-0.1, -0.05) is 27.8 Å². The fourth-order valence-corrected chi connectivity index (χ4v) is 5.91. The van der Waals surface area contributed by atoms with Crippen molar-refractivity contribution in [3.63, 3.8) is 0 Å². The minimum Gasteiger partial charge on any atom is -0.657 e. The highest BCUT2D eigenvalue weighted by Crippen LogP contribution is 2.39. The van der Waals surface area contributed by atoms with Crippen LogP contribution in [-0.2, 0) is 0 Å². The van der Waals surface area contributed by atoms with E-state index in [2.05, 4.69) is 83.1 Å². The van der Waals surface area contributed by atoms with Crippen molar-refractivity contribution in [2.75, 3.05) is 0 Å². The van der Waals surface area contributed by atoms with Gasteiger partial charge in [0.1, 0.15) is 0 Å². The first-order valence-electron chi connectivity index (χ1n) is 12.8. The van der Waals surface area contributed by atoms with Gasteiger partial charge in [0.15, 0.2) is 0 Å². The van der Waals surface area contributed by atoms with Crippen LogP contribution in [-0.4, -0.2) is 9.97 Å². The third kappa shape index (κ3) is 3.13. The first-order chi connectivity index (χ1) is 16.9. The van der Waals surface area contributed by atoms with E-state index in [1.807, 2.05) is 0 Å². The fourth-order valence-electron chi connectivity index (χ4n) is 5.91. The maximum Gasteiger partial charge on any atom is 0.0720 e. The highest BCUT2D eigenvalue weighted by atomic mass is 14.8. The zero-order valence-corrected chi connectivity index (χ0v) is 23.8. The number of hydrogen-bond acceptors (Lipinski definition) is 2. The van der Waals surface area contributed by atoms with Crippen molar-refractivity contribution in [3.8, 4) is 0 Å². The van der Waals surface area contributed by atoms with Crippen LogP contribution in [0.1, 0.15) is 95.0 Å². The van der Waals surface area contributed by atoms with Crippen molar-refractivity contribution >= 4 is 44.4 Å². The Hall–Kier alpha value is -3.40. The molecule has 4 nitrogen and oxygen atoms in total. The summed E-state index contributed by atoms with van der Waals surface area (Å²) in [7, 11) is 0. The number of hydrogen-bond donors (Lipinski definition) is 0. The Kier molecular flexibility index (Phi) is 5.44. The van der Waals surface area contributed by atoms with E-state index in [4.69, 9.17) is 19.9 Å². The summed E-state index contributed by atoms with van der Waals surface area (Å²) in [6.45, 7) is 26.1. The van der Waals surface area contributed by atoms with Crippen molar-refractivity contribution in [3.05, 3.63) is 67.3 Å². The lowest BCUT2D eigenvalue weighted by molar-refractivity contribution is 1.17. The highest BCUT2D eigenvalue weighted by molar-refractivity contribution is 5.97. The molecule has 186 valence electrons. The predicted octanol–water partition coefficient (Wildman–Crippen LogP) is 7.94. The largest absolute Gasteiger partial charge is 0.657 e. The standard InChI is InChI=1S/C32H36N4/c1-13-14(2)26-22(10)28-17(5)18(6)30(35-28)24(12)32-20(8)19(7)31(36-32)23(11)29-16(4)15(3)27(34-29)21(9)25(13)33-26/h1-12H3/q-2. The summed E-state index contributed by atoms with van der Waals surface area (Å²) in [5.41, 5.74) is 22.5. The molecule has 2 aliphatic heterocycles. The summed E-state index contributed by atoms with van der Waals surface area (Å²) < 4.78 is 0. The second kappa shape index (κ2) is 8.06. The van der Waals surface area contributed by atoms with Crippen LogP contribution in [0.2, 0.25) is 0 Å². The van der Waals surface area contributed by atoms with Crippen molar-refractivity contribution in [2.24, 2.45) is 0 Å². The van der Waals surface area contributed by atoms with E-state index >= 15 is 0 Å². The molecular weight excluding hydrogens is 440 g/mol. The Balaban J connectivity index is 2.14. The second-order valence-corrected chi connectivity index (χ2v) is 10.7. The first kappa shape index (κ1) is 24.3. The van der Waals surface area contributed by atoms with Gasteiger partial charge in [-0.2, -0.15) is 0 Å². The molecule has 3 aromatic rings. The summed E-state index contributed by atoms with van der Waals surface area (Å²) in [5.74, 6) is 0. The molecule has 0 radical (unpaired) electrons. The van der Waals surface area contributed by atoms with E-state index in [9.17, 15) is 0 Å². The van der Waals surface area contributed by atoms with Crippen LogP contribution in [0.25, 0.3) is 44.4 Å². The average molecular weight is 477 g/mol. The van der Waals surface area contributed by atoms with E-state index in [-0.39, 0.29) is 0 Å². The molecule has 0 atom stereocenters. The maximum absolute atomic E-state index is 5.21. The lowest BCUT2D eigenvalue weighted by Crippen LogP contribution is -1.92. The molecule has 4 heteroatoms. The summed E-state index contributed by atoms with van der Waals surface area (Å²) in [6.07, 6.45) is 0. The zero-order chi connectivity index (χ0) is 26.4. The molecule has 0 spiro atoms. The van der Waals surface area contributed by atoms with Gasteiger partial charge in [-0.05, 0) is 117 Å². The molecule has 36 heavy (non-hydrogen) atoms. The number of nitrogens with zero attached hydrogens (tertiary/aromatic N) is 4. The first-order valence-corrected chi connectivity index (χ1v) is 12.8. The van der Waals surface area contributed by atoms with Gasteiger partial charge in [-0.15, -0.1) is 22.1 Å². The Labute approximate surface area is 214 Å². The average Bonchev–Trinajstić information content (AvgIpc) is 3.52. The van der Waals surface area contributed by atoms with E-state index in [1.165, 1.54) is 44.5 Å². The Morgan fingerprint density at radius 2 is 0.556 bits per heavy atom. The number of aromatic nitrogens is 4. The Morgan fingerprint density at radius 1 is 0.306 bits per heavy atom. The Morgan fingerprint density at radius 3 is 0.861 bits per heavy atom. The molecule has 0 saturated heterocycles. The molecule has 2 aliphatic rings. The van der Waals surface area contributed by atoms with Crippen LogP contribution in [0.15, 0.2) is 0 Å². The second-order valence-electron chi connectivity index (χ2n) is 10.7. The molecule has 0 aromatic carbocycles. The number of rotatable bonds is 0. The lowest BCUT2D eigenvalue weighted by atomic mass is 9.99. The third-order valence-electron chi connectivity index (χ3n) is 8.83. The summed E-state index contributed by atoms with van der Waals surface area (Å²) in [5, 5.41) is 0. The summed E-state index contributed by atoms with van der Waals surface area (Å²) in [6, 6.07) is 0. The van der Waals surface area contributed by atoms with Crippen LogP contribution in [0.4, 0.5) is 0 Å². The van der Waals surface area contributed by atoms with Crippen LogP contribution in [0, 0.1) is 55.4 Å². The van der Waals surface area contributed by atoms with Crippen LogP contribution in [0.5, 0.6) is 0 Å². The van der Waals surface area contributed by atoms with Gasteiger partial charge in [0, 0.05) is 5.56 Å². The monoisotopic (exact) mass is 476 g/mol. The van der Waals surface area contributed by atoms with Crippen LogP contribution in [0.3, 0.4) is 0 Å². The number of fused-ring (bicyclic) bond motifs is 8.